The second kappa shape index (κ2) is 6.18. The molecule has 0 spiro atoms. The molecule has 0 saturated carbocycles. The summed E-state index contributed by atoms with van der Waals surface area (Å²) in [5.74, 6) is -0.202. The highest BCUT2D eigenvalue weighted by atomic mass is 35.5. The first kappa shape index (κ1) is 14.0. The van der Waals surface area contributed by atoms with Gasteiger partial charge in [-0.3, -0.25) is 0 Å². The number of benzene rings is 2. The zero-order valence-electron chi connectivity index (χ0n) is 11.1. The van der Waals surface area contributed by atoms with Gasteiger partial charge in [-0.2, -0.15) is 0 Å². The molecule has 0 aromatic heterocycles. The number of nitrogens with one attached hydrogen (secondary N) is 1. The van der Waals surface area contributed by atoms with Crippen LogP contribution in [0.2, 0.25) is 5.02 Å². The van der Waals surface area contributed by atoms with Crippen molar-refractivity contribution in [1.29, 1.82) is 0 Å². The summed E-state index contributed by atoms with van der Waals surface area (Å²) in [5.41, 5.74) is 2.93. The van der Waals surface area contributed by atoms with Crippen LogP contribution in [0, 0.1) is 12.7 Å². The zero-order chi connectivity index (χ0) is 13.8. The highest BCUT2D eigenvalue weighted by Gasteiger charge is 2.14. The smallest absolute Gasteiger partial charge is 0.123 e. The van der Waals surface area contributed by atoms with Crippen molar-refractivity contribution in [3.05, 3.63) is 70.0 Å². The Morgan fingerprint density at radius 3 is 2.37 bits per heavy atom. The minimum atomic E-state index is -0.202. The summed E-state index contributed by atoms with van der Waals surface area (Å²) in [6, 6.07) is 12.7. The lowest BCUT2D eigenvalue weighted by molar-refractivity contribution is 0.602. The lowest BCUT2D eigenvalue weighted by Crippen LogP contribution is -2.22. The van der Waals surface area contributed by atoms with Crippen molar-refractivity contribution >= 4 is 11.6 Å². The quantitative estimate of drug-likeness (QED) is 0.868. The number of aryl methyl sites for hydroxylation is 1. The van der Waals surface area contributed by atoms with Crippen LogP contribution in [0.5, 0.6) is 0 Å². The Hall–Kier alpha value is -1.38. The first-order valence-electron chi connectivity index (χ1n) is 6.36. The minimum Gasteiger partial charge on any atom is -0.307 e. The largest absolute Gasteiger partial charge is 0.307 e. The molecule has 1 nitrogen and oxygen atoms in total. The van der Waals surface area contributed by atoms with E-state index in [1.54, 1.807) is 6.07 Å². The predicted molar refractivity (Wildman–Crippen MR) is 78.1 cm³/mol. The molecule has 0 aliphatic rings. The summed E-state index contributed by atoms with van der Waals surface area (Å²) < 4.78 is 13.6. The van der Waals surface area contributed by atoms with Crippen LogP contribution in [0.4, 0.5) is 4.39 Å². The van der Waals surface area contributed by atoms with Crippen LogP contribution in [-0.2, 0) is 0 Å². The molecular formula is C16H17ClFN. The molecule has 2 aromatic rings. The number of halogens is 2. The monoisotopic (exact) mass is 277 g/mol. The van der Waals surface area contributed by atoms with Gasteiger partial charge in [-0.15, -0.1) is 0 Å². The molecular weight excluding hydrogens is 261 g/mol. The molecule has 1 N–H and O–H groups in total. The van der Waals surface area contributed by atoms with Crippen LogP contribution in [0.3, 0.4) is 0 Å². The van der Waals surface area contributed by atoms with Crippen molar-refractivity contribution in [2.24, 2.45) is 0 Å². The molecule has 0 bridgehead atoms. The van der Waals surface area contributed by atoms with Crippen molar-refractivity contribution < 1.29 is 4.39 Å². The Labute approximate surface area is 118 Å². The standard InChI is InChI=1S/C16H17ClFN/c1-3-19-16(12-4-6-14(17)7-5-12)13-8-11(2)9-15(18)10-13/h4-10,16,19H,3H2,1-2H3. The lowest BCUT2D eigenvalue weighted by atomic mass is 9.97. The SMILES string of the molecule is CCNC(c1ccc(Cl)cc1)c1cc(C)cc(F)c1. The van der Waals surface area contributed by atoms with Gasteiger partial charge in [0, 0.05) is 5.02 Å². The summed E-state index contributed by atoms with van der Waals surface area (Å²) in [7, 11) is 0. The second-order valence-corrected chi connectivity index (χ2v) is 5.04. The lowest BCUT2D eigenvalue weighted by Gasteiger charge is -2.19. The van der Waals surface area contributed by atoms with Crippen LogP contribution >= 0.6 is 11.6 Å². The van der Waals surface area contributed by atoms with Crippen LogP contribution in [0.1, 0.15) is 29.7 Å². The van der Waals surface area contributed by atoms with Gasteiger partial charge in [-0.1, -0.05) is 36.7 Å². The fourth-order valence-electron chi connectivity index (χ4n) is 2.22. The van der Waals surface area contributed by atoms with Gasteiger partial charge in [0.2, 0.25) is 0 Å². The topological polar surface area (TPSA) is 12.0 Å². The van der Waals surface area contributed by atoms with Crippen molar-refractivity contribution in [1.82, 2.24) is 5.32 Å². The minimum absolute atomic E-state index is 0.0170. The number of hydrogen-bond donors (Lipinski definition) is 1. The Morgan fingerprint density at radius 2 is 1.79 bits per heavy atom. The zero-order valence-corrected chi connectivity index (χ0v) is 11.8. The summed E-state index contributed by atoms with van der Waals surface area (Å²) in [6.45, 7) is 4.75. The third-order valence-corrected chi connectivity index (χ3v) is 3.26. The molecule has 0 amide bonds. The summed E-state index contributed by atoms with van der Waals surface area (Å²) in [4.78, 5) is 0. The normalized spacial score (nSPS) is 12.4. The van der Waals surface area contributed by atoms with E-state index in [2.05, 4.69) is 5.32 Å². The van der Waals surface area contributed by atoms with E-state index in [-0.39, 0.29) is 11.9 Å². The van der Waals surface area contributed by atoms with Crippen LogP contribution in [0.25, 0.3) is 0 Å². The number of hydrogen-bond acceptors (Lipinski definition) is 1. The van der Waals surface area contributed by atoms with E-state index in [9.17, 15) is 4.39 Å². The second-order valence-electron chi connectivity index (χ2n) is 4.60. The highest BCUT2D eigenvalue weighted by molar-refractivity contribution is 6.30. The first-order chi connectivity index (χ1) is 9.10. The van der Waals surface area contributed by atoms with Crippen LogP contribution in [-0.4, -0.2) is 6.54 Å². The molecule has 0 saturated heterocycles. The van der Waals surface area contributed by atoms with Gasteiger partial charge >= 0.3 is 0 Å². The van der Waals surface area contributed by atoms with Gasteiger partial charge in [-0.05, 0) is 54.4 Å². The van der Waals surface area contributed by atoms with Crippen LogP contribution in [0.15, 0.2) is 42.5 Å². The van der Waals surface area contributed by atoms with E-state index in [0.717, 1.165) is 23.2 Å². The molecule has 1 atom stereocenters. The highest BCUT2D eigenvalue weighted by Crippen LogP contribution is 2.25. The van der Waals surface area contributed by atoms with Crippen molar-refractivity contribution in [2.45, 2.75) is 19.9 Å². The molecule has 0 aliphatic carbocycles. The third kappa shape index (κ3) is 3.55. The summed E-state index contributed by atoms with van der Waals surface area (Å²) in [6.07, 6.45) is 0. The molecule has 100 valence electrons. The maximum atomic E-state index is 13.6. The first-order valence-corrected chi connectivity index (χ1v) is 6.74. The van der Waals surface area contributed by atoms with Gasteiger partial charge < -0.3 is 5.32 Å². The Balaban J connectivity index is 2.41. The van der Waals surface area contributed by atoms with E-state index < -0.39 is 0 Å². The van der Waals surface area contributed by atoms with Gasteiger partial charge in [0.1, 0.15) is 5.82 Å². The van der Waals surface area contributed by atoms with Gasteiger partial charge in [0.15, 0.2) is 0 Å². The maximum absolute atomic E-state index is 13.6. The molecule has 2 aromatic carbocycles. The summed E-state index contributed by atoms with van der Waals surface area (Å²) in [5, 5.41) is 4.08. The van der Waals surface area contributed by atoms with Crippen molar-refractivity contribution in [3.63, 3.8) is 0 Å². The van der Waals surface area contributed by atoms with E-state index in [4.69, 9.17) is 11.6 Å². The molecule has 1 unspecified atom stereocenters. The molecule has 0 heterocycles. The molecule has 3 heteroatoms. The van der Waals surface area contributed by atoms with E-state index >= 15 is 0 Å². The Morgan fingerprint density at radius 1 is 1.11 bits per heavy atom. The maximum Gasteiger partial charge on any atom is 0.123 e. The molecule has 0 radical (unpaired) electrons. The van der Waals surface area contributed by atoms with Crippen molar-refractivity contribution in [2.75, 3.05) is 6.54 Å². The van der Waals surface area contributed by atoms with Gasteiger partial charge in [0.25, 0.3) is 0 Å². The summed E-state index contributed by atoms with van der Waals surface area (Å²) >= 11 is 5.91. The van der Waals surface area contributed by atoms with E-state index in [1.165, 1.54) is 6.07 Å². The molecule has 2 rings (SSSR count). The van der Waals surface area contributed by atoms with Gasteiger partial charge in [0.05, 0.1) is 6.04 Å². The van der Waals surface area contributed by atoms with Gasteiger partial charge in [-0.25, -0.2) is 4.39 Å². The molecule has 19 heavy (non-hydrogen) atoms. The average Bonchev–Trinajstić information content (AvgIpc) is 2.36. The third-order valence-electron chi connectivity index (χ3n) is 3.01. The van der Waals surface area contributed by atoms with E-state index in [0.29, 0.717) is 5.02 Å². The molecule has 0 fully saturated rings. The molecule has 0 aliphatic heterocycles. The van der Waals surface area contributed by atoms with Crippen LogP contribution < -0.4 is 5.32 Å². The predicted octanol–water partition coefficient (Wildman–Crippen LogP) is 4.49. The average molecular weight is 278 g/mol. The van der Waals surface area contributed by atoms with E-state index in [1.807, 2.05) is 44.2 Å². The fourth-order valence-corrected chi connectivity index (χ4v) is 2.34. The van der Waals surface area contributed by atoms with Crippen molar-refractivity contribution in [3.8, 4) is 0 Å². The Kier molecular flexibility index (Phi) is 4.56. The Bertz CT molecular complexity index is 531. The fraction of sp³-hybridized carbons (Fsp3) is 0.250. The number of rotatable bonds is 4.